The van der Waals surface area contributed by atoms with Crippen molar-refractivity contribution in [2.75, 3.05) is 23.5 Å². The predicted molar refractivity (Wildman–Crippen MR) is 146 cm³/mol. The Labute approximate surface area is 221 Å². The highest BCUT2D eigenvalue weighted by Gasteiger charge is 2.22. The quantitative estimate of drug-likeness (QED) is 0.285. The molecule has 0 aliphatic carbocycles. The van der Waals surface area contributed by atoms with E-state index in [4.69, 9.17) is 4.74 Å². The SMILES string of the molecule is Cc1nc2nc(Nc3ccc(C(C)C)c(C#N)n3)cc(Nc3ccc([C@@H]4CCCO4)cc3S(C)(=O)=O)c2[nH]1. The maximum atomic E-state index is 12.8. The third kappa shape index (κ3) is 5.18. The van der Waals surface area contributed by atoms with Gasteiger partial charge in [0.1, 0.15) is 34.7 Å². The minimum atomic E-state index is -3.55. The van der Waals surface area contributed by atoms with Crippen molar-refractivity contribution in [3.63, 3.8) is 0 Å². The lowest BCUT2D eigenvalue weighted by molar-refractivity contribution is 0.112. The maximum Gasteiger partial charge on any atom is 0.181 e. The average Bonchev–Trinajstić information content (AvgIpc) is 3.53. The van der Waals surface area contributed by atoms with Crippen LogP contribution in [0.25, 0.3) is 11.2 Å². The highest BCUT2D eigenvalue weighted by molar-refractivity contribution is 7.90. The molecule has 0 saturated carbocycles. The first-order valence-electron chi connectivity index (χ1n) is 12.4. The van der Waals surface area contributed by atoms with Crippen molar-refractivity contribution in [3.05, 3.63) is 59.0 Å². The molecule has 5 rings (SSSR count). The van der Waals surface area contributed by atoms with Crippen LogP contribution in [-0.4, -0.2) is 41.2 Å². The van der Waals surface area contributed by atoms with Gasteiger partial charge in [0.25, 0.3) is 0 Å². The summed E-state index contributed by atoms with van der Waals surface area (Å²) in [5, 5.41) is 16.0. The van der Waals surface area contributed by atoms with E-state index < -0.39 is 9.84 Å². The van der Waals surface area contributed by atoms with Crippen LogP contribution in [0.4, 0.5) is 23.0 Å². The Morgan fingerprint density at radius 3 is 2.58 bits per heavy atom. The molecule has 1 aliphatic rings. The minimum Gasteiger partial charge on any atom is -0.374 e. The monoisotopic (exact) mass is 531 g/mol. The van der Waals surface area contributed by atoms with Gasteiger partial charge < -0.3 is 20.4 Å². The Kier molecular flexibility index (Phi) is 6.77. The third-order valence-electron chi connectivity index (χ3n) is 6.47. The van der Waals surface area contributed by atoms with Crippen LogP contribution in [0.3, 0.4) is 0 Å². The molecule has 1 fully saturated rings. The number of aryl methyl sites for hydroxylation is 1. The number of nitrogens with one attached hydrogen (secondary N) is 3. The molecule has 196 valence electrons. The molecule has 0 amide bonds. The summed E-state index contributed by atoms with van der Waals surface area (Å²) < 4.78 is 31.3. The minimum absolute atomic E-state index is 0.101. The maximum absolute atomic E-state index is 12.8. The van der Waals surface area contributed by atoms with E-state index in [1.54, 1.807) is 24.3 Å². The van der Waals surface area contributed by atoms with Gasteiger partial charge in [0.15, 0.2) is 15.5 Å². The van der Waals surface area contributed by atoms with Crippen molar-refractivity contribution in [2.24, 2.45) is 0 Å². The molecule has 3 N–H and O–H groups in total. The molecule has 11 heteroatoms. The van der Waals surface area contributed by atoms with E-state index in [0.29, 0.717) is 52.3 Å². The normalized spacial score (nSPS) is 15.6. The standard InChI is InChI=1S/C27H29N7O3S/c1-15(2)18-8-10-24(32-21(18)14-28)33-25-13-20(26-27(34-25)30-16(3)29-26)31-19-9-7-17(22-6-5-11-37-22)12-23(19)38(4,35)36/h7-10,12-13,15,22H,5-6,11H2,1-4H3,(H3,29,30,31,32,33,34)/t22-/m0/s1. The molecule has 1 saturated heterocycles. The van der Waals surface area contributed by atoms with Crippen LogP contribution in [0.2, 0.25) is 0 Å². The number of nitrogens with zero attached hydrogens (tertiary/aromatic N) is 4. The van der Waals surface area contributed by atoms with E-state index in [-0.39, 0.29) is 16.9 Å². The van der Waals surface area contributed by atoms with E-state index in [1.165, 1.54) is 6.26 Å². The van der Waals surface area contributed by atoms with E-state index in [9.17, 15) is 13.7 Å². The molecule has 0 bridgehead atoms. The number of hydrogen-bond donors (Lipinski definition) is 3. The Morgan fingerprint density at radius 1 is 1.08 bits per heavy atom. The molecule has 3 aromatic heterocycles. The summed E-state index contributed by atoms with van der Waals surface area (Å²) in [6.45, 7) is 6.52. The Bertz CT molecular complexity index is 1670. The molecule has 1 atom stereocenters. The number of hydrogen-bond acceptors (Lipinski definition) is 9. The number of sulfone groups is 1. The Morgan fingerprint density at radius 2 is 1.89 bits per heavy atom. The van der Waals surface area contributed by atoms with E-state index in [1.807, 2.05) is 32.9 Å². The van der Waals surface area contributed by atoms with Crippen LogP contribution in [0, 0.1) is 18.3 Å². The molecular formula is C27H29N7O3S. The zero-order valence-electron chi connectivity index (χ0n) is 21.7. The van der Waals surface area contributed by atoms with Gasteiger partial charge in [-0.3, -0.25) is 0 Å². The summed E-state index contributed by atoms with van der Waals surface area (Å²) in [6, 6.07) is 12.9. The Balaban J connectivity index is 1.54. The van der Waals surface area contributed by atoms with Crippen LogP contribution in [-0.2, 0) is 14.6 Å². The highest BCUT2D eigenvalue weighted by Crippen LogP contribution is 2.35. The van der Waals surface area contributed by atoms with Crippen LogP contribution in [0.1, 0.15) is 61.4 Å². The van der Waals surface area contributed by atoms with Gasteiger partial charge >= 0.3 is 0 Å². The predicted octanol–water partition coefficient (Wildman–Crippen LogP) is 5.40. The fraction of sp³-hybridized carbons (Fsp3) is 0.333. The molecule has 10 nitrogen and oxygen atoms in total. The summed E-state index contributed by atoms with van der Waals surface area (Å²) in [5.74, 6) is 1.74. The number of H-pyrrole nitrogens is 1. The first-order chi connectivity index (χ1) is 18.1. The summed E-state index contributed by atoms with van der Waals surface area (Å²) in [5.41, 5.74) is 4.17. The lowest BCUT2D eigenvalue weighted by Gasteiger charge is -2.16. The largest absolute Gasteiger partial charge is 0.374 e. The number of imidazole rings is 1. The number of fused-ring (bicyclic) bond motifs is 1. The number of pyridine rings is 2. The van der Waals surface area contributed by atoms with Gasteiger partial charge in [0.05, 0.1) is 22.4 Å². The van der Waals surface area contributed by atoms with Crippen LogP contribution >= 0.6 is 0 Å². The van der Waals surface area contributed by atoms with Crippen molar-refractivity contribution in [3.8, 4) is 6.07 Å². The van der Waals surface area contributed by atoms with Crippen molar-refractivity contribution in [2.45, 2.75) is 50.5 Å². The first-order valence-corrected chi connectivity index (χ1v) is 14.3. The second-order valence-electron chi connectivity index (χ2n) is 9.76. The smallest absolute Gasteiger partial charge is 0.181 e. The van der Waals surface area contributed by atoms with Crippen molar-refractivity contribution >= 4 is 44.0 Å². The lowest BCUT2D eigenvalue weighted by atomic mass is 10.0. The van der Waals surface area contributed by atoms with Crippen molar-refractivity contribution in [1.82, 2.24) is 19.9 Å². The summed E-state index contributed by atoms with van der Waals surface area (Å²) in [6.07, 6.45) is 2.91. The lowest BCUT2D eigenvalue weighted by Crippen LogP contribution is -2.07. The topological polar surface area (TPSA) is 146 Å². The van der Waals surface area contributed by atoms with Crippen LogP contribution in [0.5, 0.6) is 0 Å². The number of anilines is 4. The third-order valence-corrected chi connectivity index (χ3v) is 7.60. The number of aromatic amines is 1. The van der Waals surface area contributed by atoms with Gasteiger partial charge in [-0.15, -0.1) is 0 Å². The van der Waals surface area contributed by atoms with Crippen molar-refractivity contribution < 1.29 is 13.2 Å². The summed E-state index contributed by atoms with van der Waals surface area (Å²) >= 11 is 0. The van der Waals surface area contributed by atoms with Gasteiger partial charge in [-0.25, -0.2) is 23.4 Å². The Hall–Kier alpha value is -4.01. The van der Waals surface area contributed by atoms with Crippen LogP contribution < -0.4 is 10.6 Å². The number of nitriles is 1. The summed E-state index contributed by atoms with van der Waals surface area (Å²) in [7, 11) is -3.55. The summed E-state index contributed by atoms with van der Waals surface area (Å²) in [4.78, 5) is 16.9. The van der Waals surface area contributed by atoms with Gasteiger partial charge in [-0.1, -0.05) is 26.0 Å². The van der Waals surface area contributed by atoms with Crippen LogP contribution in [0.15, 0.2) is 41.3 Å². The average molecular weight is 532 g/mol. The second-order valence-corrected chi connectivity index (χ2v) is 11.7. The van der Waals surface area contributed by atoms with E-state index in [0.717, 1.165) is 24.0 Å². The molecule has 0 unspecified atom stereocenters. The number of aromatic nitrogens is 4. The number of ether oxygens (including phenoxy) is 1. The number of rotatable bonds is 7. The van der Waals surface area contributed by atoms with Gasteiger partial charge in [-0.05, 0) is 55.0 Å². The molecule has 1 aromatic carbocycles. The zero-order chi connectivity index (χ0) is 27.0. The first kappa shape index (κ1) is 25.6. The van der Waals surface area contributed by atoms with Crippen molar-refractivity contribution in [1.29, 1.82) is 5.26 Å². The fourth-order valence-corrected chi connectivity index (χ4v) is 5.50. The molecular weight excluding hydrogens is 502 g/mol. The number of benzene rings is 1. The molecule has 1 aliphatic heterocycles. The fourth-order valence-electron chi connectivity index (χ4n) is 4.63. The van der Waals surface area contributed by atoms with Gasteiger partial charge in [0.2, 0.25) is 0 Å². The molecule has 4 aromatic rings. The molecule has 38 heavy (non-hydrogen) atoms. The molecule has 0 radical (unpaired) electrons. The highest BCUT2D eigenvalue weighted by atomic mass is 32.2. The molecule has 4 heterocycles. The second kappa shape index (κ2) is 10.0. The van der Waals surface area contributed by atoms with Gasteiger partial charge in [0, 0.05) is 18.9 Å². The zero-order valence-corrected chi connectivity index (χ0v) is 22.5. The van der Waals surface area contributed by atoms with Gasteiger partial charge in [-0.2, -0.15) is 5.26 Å². The van der Waals surface area contributed by atoms with E-state index in [2.05, 4.69) is 36.6 Å². The molecule has 0 spiro atoms. The van der Waals surface area contributed by atoms with E-state index >= 15 is 0 Å².